The molecule has 0 fully saturated rings. The number of ketones is 1. The summed E-state index contributed by atoms with van der Waals surface area (Å²) in [6, 6.07) is 0.223. The molecule has 188 valence electrons. The molecule has 1 aromatic heterocycles. The number of Topliss-reactive ketones (excluding diaryl/α,β-unsaturated/α-hetero) is 1. The van der Waals surface area contributed by atoms with Crippen LogP contribution in [0.2, 0.25) is 0 Å². The first-order valence-electron chi connectivity index (χ1n) is 10.9. The normalized spacial score (nSPS) is 18.1. The first kappa shape index (κ1) is 24.6. The molecule has 0 saturated carbocycles. The monoisotopic (exact) mass is 499 g/mol. The van der Waals surface area contributed by atoms with E-state index in [2.05, 4.69) is 10.4 Å². The minimum absolute atomic E-state index is 0.00785. The second-order valence-corrected chi connectivity index (χ2v) is 8.54. The van der Waals surface area contributed by atoms with Crippen molar-refractivity contribution < 1.29 is 36.3 Å². The largest absolute Gasteiger partial charge is 0.422 e. The molecule has 2 aromatic rings. The lowest BCUT2D eigenvalue weighted by atomic mass is 10.0. The van der Waals surface area contributed by atoms with Crippen molar-refractivity contribution in [1.82, 2.24) is 19.6 Å². The van der Waals surface area contributed by atoms with Crippen molar-refractivity contribution in [3.63, 3.8) is 0 Å². The number of rotatable bonds is 3. The van der Waals surface area contributed by atoms with Crippen LogP contribution in [0.5, 0.6) is 0 Å². The van der Waals surface area contributed by atoms with E-state index in [1.165, 1.54) is 14.5 Å². The van der Waals surface area contributed by atoms with Gasteiger partial charge in [-0.05, 0) is 12.1 Å². The van der Waals surface area contributed by atoms with E-state index in [9.17, 15) is 36.3 Å². The fourth-order valence-corrected chi connectivity index (χ4v) is 4.43. The Morgan fingerprint density at radius 2 is 1.91 bits per heavy atom. The first-order chi connectivity index (χ1) is 16.4. The Balaban J connectivity index is 1.59. The lowest BCUT2D eigenvalue weighted by molar-refractivity contribution is -0.142. The zero-order chi connectivity index (χ0) is 25.7. The maximum atomic E-state index is 14.4. The number of amides is 3. The van der Waals surface area contributed by atoms with Gasteiger partial charge in [0, 0.05) is 38.5 Å². The lowest BCUT2D eigenvalue weighted by Gasteiger charge is -2.27. The number of hydrogen-bond acceptors (Lipinski definition) is 4. The number of benzene rings is 1. The van der Waals surface area contributed by atoms with Gasteiger partial charge in [-0.2, -0.15) is 18.3 Å². The van der Waals surface area contributed by atoms with Crippen LogP contribution in [0.3, 0.4) is 0 Å². The minimum atomic E-state index is -5.28. The predicted molar refractivity (Wildman–Crippen MR) is 112 cm³/mol. The number of urea groups is 1. The summed E-state index contributed by atoms with van der Waals surface area (Å²) in [6.07, 6.45) is -4.73. The van der Waals surface area contributed by atoms with Crippen LogP contribution < -0.4 is 5.32 Å². The van der Waals surface area contributed by atoms with Gasteiger partial charge in [-0.1, -0.05) is 6.92 Å². The zero-order valence-corrected chi connectivity index (χ0v) is 18.9. The predicted octanol–water partition coefficient (Wildman–Crippen LogP) is 3.45. The molecule has 0 bridgehead atoms. The molecule has 0 saturated heterocycles. The summed E-state index contributed by atoms with van der Waals surface area (Å²) in [5.74, 6) is -4.52. The molecular formula is C22H22F5N5O3. The van der Waals surface area contributed by atoms with Gasteiger partial charge in [-0.25, -0.2) is 13.6 Å². The van der Waals surface area contributed by atoms with Crippen molar-refractivity contribution in [1.29, 1.82) is 0 Å². The topological polar surface area (TPSA) is 87.5 Å². The van der Waals surface area contributed by atoms with E-state index in [-0.39, 0.29) is 50.0 Å². The molecule has 0 radical (unpaired) electrons. The zero-order valence-electron chi connectivity index (χ0n) is 18.9. The molecule has 13 heteroatoms. The molecular weight excluding hydrogens is 477 g/mol. The summed E-state index contributed by atoms with van der Waals surface area (Å²) < 4.78 is 68.4. The number of halogens is 5. The lowest BCUT2D eigenvalue weighted by Crippen LogP contribution is -2.40. The van der Waals surface area contributed by atoms with Gasteiger partial charge in [0.25, 0.3) is 5.91 Å². The number of fused-ring (bicyclic) bond motifs is 3. The van der Waals surface area contributed by atoms with Crippen LogP contribution in [0.15, 0.2) is 12.1 Å². The van der Waals surface area contributed by atoms with E-state index >= 15 is 0 Å². The average molecular weight is 499 g/mol. The van der Waals surface area contributed by atoms with Gasteiger partial charge < -0.3 is 15.1 Å². The average Bonchev–Trinajstić information content (AvgIpc) is 3.09. The molecule has 1 N–H and O–H groups in total. The third-order valence-corrected chi connectivity index (χ3v) is 6.25. The third-order valence-electron chi connectivity index (χ3n) is 6.25. The Hall–Kier alpha value is -3.51. The van der Waals surface area contributed by atoms with Gasteiger partial charge in [0.2, 0.25) is 0 Å². The van der Waals surface area contributed by atoms with E-state index < -0.39 is 41.0 Å². The second-order valence-electron chi connectivity index (χ2n) is 8.54. The van der Waals surface area contributed by atoms with Crippen LogP contribution in [-0.4, -0.2) is 57.4 Å². The molecule has 35 heavy (non-hydrogen) atoms. The van der Waals surface area contributed by atoms with Crippen molar-refractivity contribution in [3.05, 3.63) is 46.3 Å². The maximum absolute atomic E-state index is 14.4. The molecule has 0 aliphatic carbocycles. The summed E-state index contributed by atoms with van der Waals surface area (Å²) in [5.41, 5.74) is -1.65. The van der Waals surface area contributed by atoms with Crippen molar-refractivity contribution >= 4 is 23.4 Å². The van der Waals surface area contributed by atoms with Crippen molar-refractivity contribution in [2.75, 3.05) is 25.5 Å². The summed E-state index contributed by atoms with van der Waals surface area (Å²) in [4.78, 5) is 40.7. The number of aromatic nitrogens is 2. The van der Waals surface area contributed by atoms with Crippen LogP contribution in [0.25, 0.3) is 0 Å². The van der Waals surface area contributed by atoms with E-state index in [0.29, 0.717) is 29.8 Å². The van der Waals surface area contributed by atoms with Crippen LogP contribution in [0.4, 0.5) is 32.4 Å². The fraction of sp³-hybridized carbons (Fsp3) is 0.455. The highest BCUT2D eigenvalue weighted by Crippen LogP contribution is 2.36. The molecule has 3 amide bonds. The van der Waals surface area contributed by atoms with Gasteiger partial charge in [-0.3, -0.25) is 14.3 Å². The van der Waals surface area contributed by atoms with Crippen LogP contribution in [-0.2, 0) is 30.5 Å². The number of nitrogens with zero attached hydrogens (tertiary/aromatic N) is 4. The van der Waals surface area contributed by atoms with Gasteiger partial charge in [0.05, 0.1) is 30.4 Å². The van der Waals surface area contributed by atoms with Crippen molar-refractivity contribution in [3.8, 4) is 0 Å². The molecule has 0 unspecified atom stereocenters. The molecule has 1 aromatic carbocycles. The maximum Gasteiger partial charge on any atom is 0.422 e. The van der Waals surface area contributed by atoms with Crippen LogP contribution in [0, 0.1) is 17.6 Å². The van der Waals surface area contributed by atoms with Crippen molar-refractivity contribution in [2.45, 2.75) is 39.0 Å². The Morgan fingerprint density at radius 1 is 1.20 bits per heavy atom. The second kappa shape index (κ2) is 8.93. The molecule has 3 heterocycles. The van der Waals surface area contributed by atoms with Gasteiger partial charge in [0.15, 0.2) is 5.82 Å². The quantitative estimate of drug-likeness (QED) is 0.656. The van der Waals surface area contributed by atoms with Gasteiger partial charge in [-0.15, -0.1) is 0 Å². The highest BCUT2D eigenvalue weighted by atomic mass is 19.4. The highest BCUT2D eigenvalue weighted by molar-refractivity contribution is 5.96. The van der Waals surface area contributed by atoms with E-state index in [1.54, 1.807) is 14.0 Å². The Kier molecular flexibility index (Phi) is 6.28. The third kappa shape index (κ3) is 4.46. The highest BCUT2D eigenvalue weighted by Gasteiger charge is 2.40. The van der Waals surface area contributed by atoms with Crippen molar-refractivity contribution in [2.24, 2.45) is 5.92 Å². The molecule has 2 aliphatic rings. The van der Waals surface area contributed by atoms with E-state index in [1.807, 2.05) is 0 Å². The van der Waals surface area contributed by atoms with Crippen LogP contribution in [0.1, 0.15) is 40.7 Å². The SMILES string of the molecule is CCC(=O)[C@@H]1CN(C)C(=O)c2c3c(nn2C1)CCN(C(=O)Nc1ccc(F)c(C(F)(F)F)c1F)C3. The Labute approximate surface area is 196 Å². The first-order valence-corrected chi connectivity index (χ1v) is 10.9. The number of carbonyl (C=O) groups is 3. The van der Waals surface area contributed by atoms with Crippen LogP contribution >= 0.6 is 0 Å². The van der Waals surface area contributed by atoms with Gasteiger partial charge >= 0.3 is 12.2 Å². The smallest absolute Gasteiger partial charge is 0.340 e. The number of carbonyl (C=O) groups excluding carboxylic acids is 3. The Morgan fingerprint density at radius 3 is 2.57 bits per heavy atom. The number of anilines is 1. The molecule has 4 rings (SSSR count). The molecule has 8 nitrogen and oxygen atoms in total. The van der Waals surface area contributed by atoms with E-state index in [0.717, 1.165) is 0 Å². The number of hydrogen-bond donors (Lipinski definition) is 1. The summed E-state index contributed by atoms with van der Waals surface area (Å²) in [5, 5.41) is 6.54. The molecule has 0 spiro atoms. The van der Waals surface area contributed by atoms with Gasteiger partial charge in [0.1, 0.15) is 22.9 Å². The summed E-state index contributed by atoms with van der Waals surface area (Å²) >= 11 is 0. The number of nitrogens with one attached hydrogen (secondary N) is 1. The number of alkyl halides is 3. The van der Waals surface area contributed by atoms with E-state index in [4.69, 9.17) is 0 Å². The fourth-order valence-electron chi connectivity index (χ4n) is 4.43. The Bertz CT molecular complexity index is 1210. The summed E-state index contributed by atoms with van der Waals surface area (Å²) in [6.45, 7) is 2.17. The molecule has 1 atom stereocenters. The minimum Gasteiger partial charge on any atom is -0.340 e. The standard InChI is InChI=1S/C22H22F5N5O3/c1-3-16(33)11-8-30(2)20(34)19-12-10-31(7-6-14(12)29-32(19)9-11)21(35)28-15-5-4-13(23)17(18(15)24)22(25,26)27/h4-5,11H,3,6-10H2,1-2H3,(H,28,35)/t11-/m1/s1. The summed E-state index contributed by atoms with van der Waals surface area (Å²) in [7, 11) is 1.57. The molecule has 2 aliphatic heterocycles.